The van der Waals surface area contributed by atoms with Crippen molar-refractivity contribution in [3.05, 3.63) is 201 Å². The number of aryl methyl sites for hydroxylation is 1. The maximum absolute atomic E-state index is 6.45. The van der Waals surface area contributed by atoms with Crippen molar-refractivity contribution in [1.29, 1.82) is 0 Å². The van der Waals surface area contributed by atoms with Gasteiger partial charge in [0.15, 0.2) is 0 Å². The van der Waals surface area contributed by atoms with E-state index in [1.165, 1.54) is 104 Å². The van der Waals surface area contributed by atoms with Crippen LogP contribution in [0.2, 0.25) is 0 Å². The molecule has 0 spiro atoms. The van der Waals surface area contributed by atoms with Gasteiger partial charge < -0.3 is 60.2 Å². The summed E-state index contributed by atoms with van der Waals surface area (Å²) in [5, 5.41) is 6.29. The van der Waals surface area contributed by atoms with Crippen molar-refractivity contribution in [3.8, 4) is 67.9 Å². The number of ether oxygens (including phenoxy) is 3. The minimum atomic E-state index is 0.426. The number of nitrogen functional groups attached to an aromatic ring is 3. The second-order valence-corrected chi connectivity index (χ2v) is 30.3. The number of nitrogens with zero attached hydrogens (tertiary/aromatic N) is 14. The largest absolute Gasteiger partial charge is 0.457 e. The second kappa shape index (κ2) is 33.1. The first-order chi connectivity index (χ1) is 53.0. The van der Waals surface area contributed by atoms with Crippen LogP contribution >= 0.6 is 0 Å². The summed E-state index contributed by atoms with van der Waals surface area (Å²) < 4.78 is 25.1. The van der Waals surface area contributed by atoms with Gasteiger partial charge in [0.2, 0.25) is 0 Å². The van der Waals surface area contributed by atoms with Crippen molar-refractivity contribution < 1.29 is 14.2 Å². The molecule has 0 bridgehead atoms. The van der Waals surface area contributed by atoms with Crippen molar-refractivity contribution in [2.45, 2.75) is 120 Å². The third-order valence-electron chi connectivity index (χ3n) is 23.6. The number of nitrogens with one attached hydrogen (secondary N) is 1. The van der Waals surface area contributed by atoms with Crippen LogP contribution in [0.25, 0.3) is 66.5 Å². The fourth-order valence-electron chi connectivity index (χ4n) is 17.6. The Morgan fingerprint density at radius 2 is 0.630 bits per heavy atom. The van der Waals surface area contributed by atoms with E-state index in [4.69, 9.17) is 36.4 Å². The molecule has 6 aliphatic rings. The molecule has 0 atom stereocenters. The molecule has 21 heteroatoms. The van der Waals surface area contributed by atoms with Crippen molar-refractivity contribution >= 4 is 50.6 Å². The lowest BCUT2D eigenvalue weighted by Gasteiger charge is -2.41. The van der Waals surface area contributed by atoms with E-state index in [0.29, 0.717) is 53.7 Å². The highest BCUT2D eigenvalue weighted by atomic mass is 16.5. The smallest absolute Gasteiger partial charge is 0.146 e. The average Bonchev–Trinajstić information content (AvgIpc) is 1.62. The molecule has 18 rings (SSSR count). The van der Waals surface area contributed by atoms with E-state index in [9.17, 15) is 0 Å². The highest BCUT2D eigenvalue weighted by molar-refractivity contribution is 6.03. The first-order valence-corrected chi connectivity index (χ1v) is 39.1. The van der Waals surface area contributed by atoms with E-state index in [0.717, 1.165) is 158 Å². The van der Waals surface area contributed by atoms with Crippen molar-refractivity contribution in [2.75, 3.05) is 110 Å². The summed E-state index contributed by atoms with van der Waals surface area (Å²) in [7, 11) is 4.45. The average molecular weight is 1450 g/mol. The molecular weight excluding hydrogens is 1350 g/mol. The van der Waals surface area contributed by atoms with E-state index < -0.39 is 0 Å². The Kier molecular flexibility index (Phi) is 22.0. The summed E-state index contributed by atoms with van der Waals surface area (Å²) in [5.74, 6) is 6.51. The maximum atomic E-state index is 6.45. The monoisotopic (exact) mass is 1450 g/mol. The Labute approximate surface area is 633 Å². The molecule has 108 heavy (non-hydrogen) atoms. The lowest BCUT2D eigenvalue weighted by Crippen LogP contribution is -2.49. The molecule has 7 N–H and O–H groups in total. The van der Waals surface area contributed by atoms with Crippen LogP contribution in [0, 0.1) is 6.92 Å². The van der Waals surface area contributed by atoms with E-state index in [1.54, 1.807) is 19.0 Å². The van der Waals surface area contributed by atoms with E-state index >= 15 is 0 Å². The van der Waals surface area contributed by atoms with Gasteiger partial charge in [0.05, 0.1) is 16.2 Å². The van der Waals surface area contributed by atoms with Gasteiger partial charge in [-0.1, -0.05) is 84.9 Å². The molecule has 6 aromatic carbocycles. The van der Waals surface area contributed by atoms with Crippen molar-refractivity contribution in [1.82, 2.24) is 73.4 Å². The fourth-order valence-corrected chi connectivity index (χ4v) is 17.6. The first kappa shape index (κ1) is 72.0. The maximum Gasteiger partial charge on any atom is 0.146 e. The van der Waals surface area contributed by atoms with Crippen LogP contribution in [0.3, 0.4) is 0 Å². The Morgan fingerprint density at radius 1 is 0.324 bits per heavy atom. The number of rotatable bonds is 15. The van der Waals surface area contributed by atoms with Gasteiger partial charge in [-0.3, -0.25) is 14.7 Å². The number of aromatic nitrogens is 9. The molecule has 6 fully saturated rings. The molecule has 3 aliphatic heterocycles. The second-order valence-electron chi connectivity index (χ2n) is 30.3. The van der Waals surface area contributed by atoms with E-state index in [1.807, 2.05) is 121 Å². The van der Waals surface area contributed by atoms with Gasteiger partial charge in [-0.25, -0.2) is 29.9 Å². The molecule has 0 unspecified atom stereocenters. The normalized spacial score (nSPS) is 21.4. The third kappa shape index (κ3) is 16.1. The molecule has 9 heterocycles. The summed E-state index contributed by atoms with van der Waals surface area (Å²) in [6, 6.07) is 55.6. The van der Waals surface area contributed by atoms with Crippen LogP contribution in [0.15, 0.2) is 195 Å². The quantitative estimate of drug-likeness (QED) is 0.0748. The van der Waals surface area contributed by atoms with Gasteiger partial charge in [0.25, 0.3) is 0 Å². The van der Waals surface area contributed by atoms with Crippen molar-refractivity contribution in [2.24, 2.45) is 0 Å². The van der Waals surface area contributed by atoms with Crippen LogP contribution in [-0.2, 0) is 0 Å². The Hall–Kier alpha value is -10.3. The number of fused-ring (bicyclic) bond motifs is 3. The highest BCUT2D eigenvalue weighted by Gasteiger charge is 2.34. The molecule has 12 aromatic rings. The molecule has 3 saturated carbocycles. The number of nitrogens with two attached hydrogens (primary N) is 3. The number of benzene rings is 6. The molecule has 558 valence electrons. The Morgan fingerprint density at radius 3 is 0.991 bits per heavy atom. The number of para-hydroxylation sites is 3. The summed E-state index contributed by atoms with van der Waals surface area (Å²) in [6.45, 7) is 16.1. The Bertz CT molecular complexity index is 4930. The van der Waals surface area contributed by atoms with Crippen LogP contribution < -0.4 is 36.7 Å². The standard InChI is InChI=1S/C30H36N6O.C29H34N6O.C28H32N6O/c1-21-18-25(37-24-6-4-3-5-7-24)12-13-26(21)27-19-36(30-28(27)29(31)32-20-33-30)23-10-8-22(9-11-23)35-16-14-34(2)15-17-35;1-33-15-17-34(18-16-33)22-9-11-23(12-10-22)35-19-26(27-28(30)31-20-32-29(27)35)21-7-13-25(14-8-21)36-24-5-3-2-4-6-24;29-27-26-25(20-6-12-24(13-7-20)35-23-4-2-1-3-5-23)18-34(28(26)32-19-31-27)22-10-8-21(9-11-22)33-16-14-30-15-17-33/h3-7,12-13,18-20,22-23H,8-11,14-17H2,1-2H3,(H2,31,32,33);2-8,13-14,19-20,22-23H,9-12,15-18H2,1H3,(H2,30,31,32);1-7,12-13,18-19,21-22,30H,8-11,14-17H2,(H2,29,31,32). The fraction of sp³-hybridized carbons (Fsp3) is 0.379. The van der Waals surface area contributed by atoms with Crippen LogP contribution in [0.4, 0.5) is 17.5 Å². The highest BCUT2D eigenvalue weighted by Crippen LogP contribution is 2.45. The van der Waals surface area contributed by atoms with Crippen LogP contribution in [0.5, 0.6) is 34.5 Å². The zero-order valence-electron chi connectivity index (χ0n) is 62.6. The molecule has 3 saturated heterocycles. The minimum Gasteiger partial charge on any atom is -0.457 e. The SMILES string of the molecule is CN1CCN(C2CCC(n3cc(-c4ccc(Oc5ccccc5)cc4)c4c(N)ncnc43)CC2)CC1.Cc1cc(Oc2ccccc2)ccc1-c1cn(C2CCC(N3CCN(C)CC3)CC2)c2ncnc(N)c12.Nc1ncnc2c1c(-c1ccc(Oc3ccccc3)cc1)cn2C1CCC(N2CCNCC2)CC1. The van der Waals surface area contributed by atoms with Crippen LogP contribution in [0.1, 0.15) is 101 Å². The van der Waals surface area contributed by atoms with E-state index in [-0.39, 0.29) is 0 Å². The van der Waals surface area contributed by atoms with Crippen molar-refractivity contribution in [3.63, 3.8) is 0 Å². The lowest BCUT2D eigenvalue weighted by atomic mass is 9.89. The molecule has 21 nitrogen and oxygen atoms in total. The number of piperazine rings is 3. The van der Waals surface area contributed by atoms with Gasteiger partial charge in [-0.15, -0.1) is 0 Å². The number of hydrogen-bond donors (Lipinski definition) is 4. The zero-order valence-corrected chi connectivity index (χ0v) is 62.6. The summed E-state index contributed by atoms with van der Waals surface area (Å²) in [4.78, 5) is 40.0. The molecule has 0 amide bonds. The molecule has 0 radical (unpaired) electrons. The zero-order chi connectivity index (χ0) is 73.5. The number of hydrogen-bond acceptors (Lipinski definition) is 18. The van der Waals surface area contributed by atoms with E-state index in [2.05, 4.69) is 144 Å². The van der Waals surface area contributed by atoms with Gasteiger partial charge in [-0.05, 0) is 193 Å². The topological polar surface area (TPSA) is 226 Å². The molecule has 3 aliphatic carbocycles. The first-order valence-electron chi connectivity index (χ1n) is 39.1. The van der Waals surface area contributed by atoms with Gasteiger partial charge in [-0.2, -0.15) is 0 Å². The van der Waals surface area contributed by atoms with Gasteiger partial charge in [0, 0.05) is 150 Å². The lowest BCUT2D eigenvalue weighted by molar-refractivity contribution is 0.0827. The predicted molar refractivity (Wildman–Crippen MR) is 433 cm³/mol. The Balaban J connectivity index is 0.000000124. The van der Waals surface area contributed by atoms with Crippen LogP contribution in [-0.4, -0.2) is 179 Å². The third-order valence-corrected chi connectivity index (χ3v) is 23.6. The summed E-state index contributed by atoms with van der Waals surface area (Å²) >= 11 is 0. The van der Waals surface area contributed by atoms with Gasteiger partial charge >= 0.3 is 0 Å². The van der Waals surface area contributed by atoms with Gasteiger partial charge in [0.1, 0.15) is 87.9 Å². The summed E-state index contributed by atoms with van der Waals surface area (Å²) in [6.07, 6.45) is 25.8. The molecular formula is C87H102N18O3. The molecule has 6 aromatic heterocycles. The number of likely N-dealkylation sites (N-methyl/N-ethyl adjacent to an activating group) is 2. The minimum absolute atomic E-state index is 0.426. The number of anilines is 3. The summed E-state index contributed by atoms with van der Waals surface area (Å²) in [5.41, 5.74) is 29.7. The predicted octanol–water partition coefficient (Wildman–Crippen LogP) is 15.6.